The molecule has 3 amide bonds. The van der Waals surface area contributed by atoms with Crippen LogP contribution >= 0.6 is 0 Å². The summed E-state index contributed by atoms with van der Waals surface area (Å²) >= 11 is 0. The fraction of sp³-hybridized carbons (Fsp3) is 0.162. The molecule has 8 heteroatoms. The fourth-order valence-electron chi connectivity index (χ4n) is 5.56. The monoisotopic (exact) mass is 600 g/mol. The van der Waals surface area contributed by atoms with Gasteiger partial charge in [-0.1, -0.05) is 78.9 Å². The lowest BCUT2D eigenvalue weighted by Gasteiger charge is -2.18. The molecule has 45 heavy (non-hydrogen) atoms. The van der Waals surface area contributed by atoms with Crippen LogP contribution in [0.2, 0.25) is 0 Å². The third-order valence-electron chi connectivity index (χ3n) is 7.91. The lowest BCUT2D eigenvalue weighted by atomic mass is 9.98. The molecule has 0 N–H and O–H groups in total. The highest BCUT2D eigenvalue weighted by Gasteiger charge is 2.35. The van der Waals surface area contributed by atoms with Gasteiger partial charge in [-0.25, -0.2) is 0 Å². The number of nitrogens with zero attached hydrogens (tertiary/aromatic N) is 2. The van der Waals surface area contributed by atoms with Crippen molar-refractivity contribution >= 4 is 29.9 Å². The average Bonchev–Trinajstić information content (AvgIpc) is 3.20. The molecule has 0 spiro atoms. The molecule has 2 aliphatic rings. The lowest BCUT2D eigenvalue weighted by molar-refractivity contribution is 0.0285. The highest BCUT2D eigenvalue weighted by atomic mass is 16.5. The van der Waals surface area contributed by atoms with Crippen molar-refractivity contribution in [2.45, 2.75) is 6.61 Å². The Labute approximate surface area is 261 Å². The van der Waals surface area contributed by atoms with Crippen molar-refractivity contribution < 1.29 is 28.6 Å². The first-order valence-corrected chi connectivity index (χ1v) is 14.6. The van der Waals surface area contributed by atoms with Gasteiger partial charge in [0.25, 0.3) is 17.7 Å². The predicted molar refractivity (Wildman–Crippen MR) is 172 cm³/mol. The number of benzene rings is 4. The summed E-state index contributed by atoms with van der Waals surface area (Å²) in [6, 6.07) is 26.1. The maximum Gasteiger partial charge on any atom is 0.261 e. The van der Waals surface area contributed by atoms with Crippen LogP contribution in [0.3, 0.4) is 0 Å². The summed E-state index contributed by atoms with van der Waals surface area (Å²) in [6.45, 7) is 1.16. The molecule has 0 atom stereocenters. The second kappa shape index (κ2) is 13.0. The Morgan fingerprint density at radius 1 is 0.689 bits per heavy atom. The van der Waals surface area contributed by atoms with Gasteiger partial charge in [0.05, 0.1) is 32.0 Å². The maximum absolute atomic E-state index is 13.3. The molecule has 226 valence electrons. The Morgan fingerprint density at radius 2 is 1.42 bits per heavy atom. The molecule has 4 aromatic rings. The van der Waals surface area contributed by atoms with Crippen LogP contribution in [0.4, 0.5) is 0 Å². The Morgan fingerprint density at radius 3 is 2.27 bits per heavy atom. The van der Waals surface area contributed by atoms with E-state index in [-0.39, 0.29) is 31.0 Å². The Kier molecular flexibility index (Phi) is 8.57. The van der Waals surface area contributed by atoms with Crippen LogP contribution in [-0.4, -0.2) is 61.6 Å². The number of ether oxygens (including phenoxy) is 3. The topological polar surface area (TPSA) is 85.4 Å². The molecule has 0 unspecified atom stereocenters. The smallest absolute Gasteiger partial charge is 0.261 e. The van der Waals surface area contributed by atoms with Gasteiger partial charge >= 0.3 is 0 Å². The van der Waals surface area contributed by atoms with Crippen molar-refractivity contribution in [2.24, 2.45) is 0 Å². The maximum atomic E-state index is 13.3. The molecule has 0 aromatic heterocycles. The molecular formula is C37H32N2O6. The number of carbonyl (C=O) groups is 3. The molecule has 4 aromatic carbocycles. The van der Waals surface area contributed by atoms with E-state index in [9.17, 15) is 14.4 Å². The molecule has 0 saturated heterocycles. The van der Waals surface area contributed by atoms with Gasteiger partial charge in [0, 0.05) is 29.8 Å². The minimum Gasteiger partial charge on any atom is -0.496 e. The first-order chi connectivity index (χ1) is 22.0. The minimum absolute atomic E-state index is 0.0590. The van der Waals surface area contributed by atoms with E-state index in [2.05, 4.69) is 0 Å². The lowest BCUT2D eigenvalue weighted by Crippen LogP contribution is -2.31. The van der Waals surface area contributed by atoms with Crippen LogP contribution in [0.15, 0.2) is 97.1 Å². The van der Waals surface area contributed by atoms with Crippen molar-refractivity contribution in [3.63, 3.8) is 0 Å². The SMILES string of the molecule is COc1ccccc1/C=C/CN1C(=O)c2ccc(-c3ccc(/C=C/CN4COCc5ccccc5C4=O)cc3OC)cc2C1=O. The number of fused-ring (bicyclic) bond motifs is 2. The van der Waals surface area contributed by atoms with Gasteiger partial charge < -0.3 is 19.1 Å². The highest BCUT2D eigenvalue weighted by Crippen LogP contribution is 2.35. The molecule has 8 nitrogen and oxygen atoms in total. The van der Waals surface area contributed by atoms with Crippen molar-refractivity contribution in [2.75, 3.05) is 34.0 Å². The number of carbonyl (C=O) groups excluding carboxylic acids is 3. The van der Waals surface area contributed by atoms with Crippen molar-refractivity contribution in [3.05, 3.63) is 130 Å². The van der Waals surface area contributed by atoms with E-state index >= 15 is 0 Å². The van der Waals surface area contributed by atoms with E-state index in [0.717, 1.165) is 27.8 Å². The Balaban J connectivity index is 1.16. The van der Waals surface area contributed by atoms with Crippen LogP contribution in [-0.2, 0) is 11.3 Å². The van der Waals surface area contributed by atoms with Crippen molar-refractivity contribution in [1.82, 2.24) is 9.80 Å². The quantitative estimate of drug-likeness (QED) is 0.209. The summed E-state index contributed by atoms with van der Waals surface area (Å²) < 4.78 is 16.8. The summed E-state index contributed by atoms with van der Waals surface area (Å²) in [6.07, 6.45) is 7.47. The zero-order valence-electron chi connectivity index (χ0n) is 25.1. The van der Waals surface area contributed by atoms with E-state index in [1.165, 1.54) is 4.90 Å². The Bertz CT molecular complexity index is 1840. The van der Waals surface area contributed by atoms with Gasteiger partial charge in [0.2, 0.25) is 0 Å². The number of hydrogen-bond acceptors (Lipinski definition) is 6. The van der Waals surface area contributed by atoms with E-state index in [1.807, 2.05) is 91.0 Å². The molecule has 0 aliphatic carbocycles. The van der Waals surface area contributed by atoms with Gasteiger partial charge in [-0.2, -0.15) is 0 Å². The van der Waals surface area contributed by atoms with Crippen LogP contribution in [0.1, 0.15) is 47.8 Å². The molecule has 0 saturated carbocycles. The molecule has 0 radical (unpaired) electrons. The molecule has 2 aliphatic heterocycles. The third kappa shape index (κ3) is 6.01. The molecule has 2 heterocycles. The van der Waals surface area contributed by atoms with Gasteiger partial charge in [-0.15, -0.1) is 0 Å². The van der Waals surface area contributed by atoms with Crippen LogP contribution in [0, 0.1) is 0 Å². The highest BCUT2D eigenvalue weighted by molar-refractivity contribution is 6.22. The van der Waals surface area contributed by atoms with Crippen molar-refractivity contribution in [1.29, 1.82) is 0 Å². The summed E-state index contributed by atoms with van der Waals surface area (Å²) in [5.41, 5.74) is 5.60. The first-order valence-electron chi connectivity index (χ1n) is 14.6. The number of rotatable bonds is 9. The van der Waals surface area contributed by atoms with Gasteiger partial charge in [0.1, 0.15) is 18.2 Å². The number of imide groups is 1. The summed E-state index contributed by atoms with van der Waals surface area (Å²) in [7, 11) is 3.19. The van der Waals surface area contributed by atoms with Gasteiger partial charge in [0.15, 0.2) is 0 Å². The Hall–Kier alpha value is -5.47. The molecule has 0 fully saturated rings. The largest absolute Gasteiger partial charge is 0.496 e. The van der Waals surface area contributed by atoms with Gasteiger partial charge in [-0.05, 0) is 47.0 Å². The number of para-hydroxylation sites is 1. The number of methoxy groups -OCH3 is 2. The molecule has 6 rings (SSSR count). The van der Waals surface area contributed by atoms with Crippen LogP contribution in [0.5, 0.6) is 11.5 Å². The zero-order chi connectivity index (χ0) is 31.3. The van der Waals surface area contributed by atoms with Crippen molar-refractivity contribution in [3.8, 4) is 22.6 Å². The minimum atomic E-state index is -0.338. The normalized spacial score (nSPS) is 14.7. The van der Waals surface area contributed by atoms with Gasteiger partial charge in [-0.3, -0.25) is 19.3 Å². The summed E-state index contributed by atoms with van der Waals surface area (Å²) in [5.74, 6) is 0.611. The van der Waals surface area contributed by atoms with E-state index in [1.54, 1.807) is 37.3 Å². The number of hydrogen-bond donors (Lipinski definition) is 0. The first kappa shape index (κ1) is 29.6. The van der Waals surface area contributed by atoms with Crippen LogP contribution in [0.25, 0.3) is 23.3 Å². The molecule has 0 bridgehead atoms. The second-order valence-corrected chi connectivity index (χ2v) is 10.6. The summed E-state index contributed by atoms with van der Waals surface area (Å²) in [4.78, 5) is 42.3. The fourth-order valence-corrected chi connectivity index (χ4v) is 5.56. The second-order valence-electron chi connectivity index (χ2n) is 10.6. The van der Waals surface area contributed by atoms with Crippen LogP contribution < -0.4 is 9.47 Å². The average molecular weight is 601 g/mol. The van der Waals surface area contributed by atoms with E-state index in [0.29, 0.717) is 41.3 Å². The standard InChI is InChI=1S/C37H32N2O6/c1-43-33-14-6-4-10-26(33)12-8-20-39-36(41)31-18-16-27(22-32(31)37(39)42)29-17-15-25(21-34(29)44-2)9-7-19-38-24-45-23-28-11-3-5-13-30(28)35(38)40/h3-18,21-22H,19-20,23-24H2,1-2H3/b9-7+,12-8+. The van der Waals surface area contributed by atoms with E-state index < -0.39 is 0 Å². The molecular weight excluding hydrogens is 568 g/mol. The number of amides is 3. The zero-order valence-corrected chi connectivity index (χ0v) is 25.1. The third-order valence-corrected chi connectivity index (χ3v) is 7.91. The predicted octanol–water partition coefficient (Wildman–Crippen LogP) is 6.32. The summed E-state index contributed by atoms with van der Waals surface area (Å²) in [5, 5.41) is 0. The van der Waals surface area contributed by atoms with E-state index in [4.69, 9.17) is 14.2 Å².